The van der Waals surface area contributed by atoms with Crippen LogP contribution in [0, 0.1) is 0 Å². The van der Waals surface area contributed by atoms with E-state index in [-0.39, 0.29) is 5.91 Å². The van der Waals surface area contributed by atoms with Gasteiger partial charge in [-0.2, -0.15) is 0 Å². The molecule has 0 aromatic heterocycles. The zero-order valence-electron chi connectivity index (χ0n) is 9.56. The lowest BCUT2D eigenvalue weighted by Gasteiger charge is -2.16. The predicted octanol–water partition coefficient (Wildman–Crippen LogP) is 2.47. The minimum atomic E-state index is 0.0939. The van der Waals surface area contributed by atoms with E-state index in [9.17, 15) is 4.79 Å². The summed E-state index contributed by atoms with van der Waals surface area (Å²) in [5.41, 5.74) is 1.92. The van der Waals surface area contributed by atoms with Crippen LogP contribution in [-0.4, -0.2) is 19.6 Å². The van der Waals surface area contributed by atoms with Crippen LogP contribution in [0.1, 0.15) is 18.9 Å². The third kappa shape index (κ3) is 1.94. The molecule has 0 saturated carbocycles. The second-order valence-corrected chi connectivity index (χ2v) is 3.78. The van der Waals surface area contributed by atoms with E-state index in [1.807, 2.05) is 37.3 Å². The molecule has 1 aliphatic rings. The highest BCUT2D eigenvalue weighted by Gasteiger charge is 2.19. The van der Waals surface area contributed by atoms with Gasteiger partial charge in [-0.1, -0.05) is 18.2 Å². The molecule has 1 aromatic rings. The molecule has 16 heavy (non-hydrogen) atoms. The average molecular weight is 217 g/mol. The maximum Gasteiger partial charge on any atom is 0.230 e. The first-order chi connectivity index (χ1) is 7.72. The second-order valence-electron chi connectivity index (χ2n) is 3.78. The molecule has 0 N–H and O–H groups in total. The molecule has 0 spiro atoms. The van der Waals surface area contributed by atoms with Gasteiger partial charge in [0, 0.05) is 7.05 Å². The van der Waals surface area contributed by atoms with Crippen LogP contribution < -0.4 is 9.64 Å². The molecule has 0 fully saturated rings. The summed E-state index contributed by atoms with van der Waals surface area (Å²) in [6, 6.07) is 5.88. The summed E-state index contributed by atoms with van der Waals surface area (Å²) in [6.07, 6.45) is 4.41. The molecule has 0 atom stereocenters. The fourth-order valence-corrected chi connectivity index (χ4v) is 1.77. The SMILES string of the molecule is C/C=C/c1ccc2c(c1)N(C)C(=O)CCO2. The van der Waals surface area contributed by atoms with Crippen LogP contribution in [0.25, 0.3) is 6.08 Å². The van der Waals surface area contributed by atoms with Crippen LogP contribution in [0.5, 0.6) is 5.75 Å². The van der Waals surface area contributed by atoms with Crippen LogP contribution in [0.15, 0.2) is 24.3 Å². The van der Waals surface area contributed by atoms with Crippen molar-refractivity contribution in [3.05, 3.63) is 29.8 Å². The Labute approximate surface area is 95.3 Å². The minimum absolute atomic E-state index is 0.0939. The van der Waals surface area contributed by atoms with Crippen molar-refractivity contribution in [2.75, 3.05) is 18.6 Å². The molecule has 0 unspecified atom stereocenters. The second kappa shape index (κ2) is 4.39. The Morgan fingerprint density at radius 2 is 2.25 bits per heavy atom. The maximum atomic E-state index is 11.7. The van der Waals surface area contributed by atoms with Gasteiger partial charge >= 0.3 is 0 Å². The Kier molecular flexibility index (Phi) is 2.95. The standard InChI is InChI=1S/C13H15NO2/c1-3-4-10-5-6-12-11(9-10)14(2)13(15)7-8-16-12/h3-6,9H,7-8H2,1-2H3/b4-3+. The van der Waals surface area contributed by atoms with Crippen LogP contribution >= 0.6 is 0 Å². The number of hydrogen-bond acceptors (Lipinski definition) is 2. The van der Waals surface area contributed by atoms with E-state index in [1.165, 1.54) is 0 Å². The number of hydrogen-bond donors (Lipinski definition) is 0. The molecule has 1 amide bonds. The average Bonchev–Trinajstić information content (AvgIpc) is 2.42. The molecule has 1 heterocycles. The molecule has 1 aliphatic heterocycles. The van der Waals surface area contributed by atoms with Gasteiger partial charge in [0.2, 0.25) is 5.91 Å². The predicted molar refractivity (Wildman–Crippen MR) is 64.7 cm³/mol. The van der Waals surface area contributed by atoms with Gasteiger partial charge in [-0.25, -0.2) is 0 Å². The largest absolute Gasteiger partial charge is 0.491 e. The Bertz CT molecular complexity index is 438. The molecule has 0 aliphatic carbocycles. The summed E-state index contributed by atoms with van der Waals surface area (Å²) >= 11 is 0. The number of anilines is 1. The molecule has 0 saturated heterocycles. The van der Waals surface area contributed by atoms with E-state index < -0.39 is 0 Å². The Hall–Kier alpha value is -1.77. The number of rotatable bonds is 1. The fraction of sp³-hybridized carbons (Fsp3) is 0.308. The Balaban J connectivity index is 2.45. The molecule has 3 nitrogen and oxygen atoms in total. The summed E-state index contributed by atoms with van der Waals surface area (Å²) in [6.45, 7) is 2.43. The third-order valence-corrected chi connectivity index (χ3v) is 2.65. The Morgan fingerprint density at radius 1 is 1.44 bits per heavy atom. The van der Waals surface area contributed by atoms with Crippen molar-refractivity contribution >= 4 is 17.7 Å². The highest BCUT2D eigenvalue weighted by Crippen LogP contribution is 2.31. The molecule has 0 bridgehead atoms. The summed E-state index contributed by atoms with van der Waals surface area (Å²) in [4.78, 5) is 13.3. The molecular weight excluding hydrogens is 202 g/mol. The van der Waals surface area contributed by atoms with Crippen molar-refractivity contribution < 1.29 is 9.53 Å². The number of carbonyl (C=O) groups is 1. The van der Waals surface area contributed by atoms with Crippen LogP contribution in [0.3, 0.4) is 0 Å². The van der Waals surface area contributed by atoms with Crippen molar-refractivity contribution in [1.82, 2.24) is 0 Å². The first-order valence-electron chi connectivity index (χ1n) is 5.38. The van der Waals surface area contributed by atoms with E-state index in [2.05, 4.69) is 0 Å². The molecule has 2 rings (SSSR count). The number of nitrogens with zero attached hydrogens (tertiary/aromatic N) is 1. The monoisotopic (exact) mass is 217 g/mol. The summed E-state index contributed by atoms with van der Waals surface area (Å²) in [5, 5.41) is 0. The van der Waals surface area contributed by atoms with Crippen LogP contribution in [-0.2, 0) is 4.79 Å². The highest BCUT2D eigenvalue weighted by molar-refractivity contribution is 5.95. The minimum Gasteiger partial charge on any atom is -0.491 e. The van der Waals surface area contributed by atoms with Crippen molar-refractivity contribution in [2.45, 2.75) is 13.3 Å². The van der Waals surface area contributed by atoms with Crippen molar-refractivity contribution in [2.24, 2.45) is 0 Å². The molecular formula is C13H15NO2. The smallest absolute Gasteiger partial charge is 0.230 e. The number of benzene rings is 1. The Morgan fingerprint density at radius 3 is 3.00 bits per heavy atom. The maximum absolute atomic E-state index is 11.7. The number of carbonyl (C=O) groups excluding carboxylic acids is 1. The van der Waals surface area contributed by atoms with Crippen molar-refractivity contribution in [3.63, 3.8) is 0 Å². The van der Waals surface area contributed by atoms with E-state index in [0.29, 0.717) is 13.0 Å². The van der Waals surface area contributed by atoms with Gasteiger partial charge in [0.15, 0.2) is 0 Å². The normalized spacial score (nSPS) is 15.9. The number of fused-ring (bicyclic) bond motifs is 1. The molecule has 84 valence electrons. The summed E-state index contributed by atoms with van der Waals surface area (Å²) in [5.74, 6) is 0.873. The van der Waals surface area contributed by atoms with Gasteiger partial charge in [-0.15, -0.1) is 0 Å². The fourth-order valence-electron chi connectivity index (χ4n) is 1.77. The lowest BCUT2D eigenvalue weighted by Crippen LogP contribution is -2.25. The molecule has 3 heteroatoms. The number of amides is 1. The summed E-state index contributed by atoms with van der Waals surface area (Å²) in [7, 11) is 1.79. The molecule has 0 radical (unpaired) electrons. The van der Waals surface area contributed by atoms with Gasteiger partial charge in [-0.3, -0.25) is 4.79 Å². The van der Waals surface area contributed by atoms with Crippen LogP contribution in [0.2, 0.25) is 0 Å². The van der Waals surface area contributed by atoms with Gasteiger partial charge < -0.3 is 9.64 Å². The van der Waals surface area contributed by atoms with E-state index in [0.717, 1.165) is 17.0 Å². The summed E-state index contributed by atoms with van der Waals surface area (Å²) < 4.78 is 5.54. The highest BCUT2D eigenvalue weighted by atomic mass is 16.5. The van der Waals surface area contributed by atoms with E-state index in [4.69, 9.17) is 4.74 Å². The van der Waals surface area contributed by atoms with Gasteiger partial charge in [0.1, 0.15) is 5.75 Å². The first kappa shape index (κ1) is 10.7. The first-order valence-corrected chi connectivity index (χ1v) is 5.38. The number of ether oxygens (including phenoxy) is 1. The van der Waals surface area contributed by atoms with E-state index >= 15 is 0 Å². The van der Waals surface area contributed by atoms with E-state index in [1.54, 1.807) is 11.9 Å². The van der Waals surface area contributed by atoms with Crippen molar-refractivity contribution in [3.8, 4) is 5.75 Å². The van der Waals surface area contributed by atoms with Gasteiger partial charge in [-0.05, 0) is 24.6 Å². The quantitative estimate of drug-likeness (QED) is 0.723. The van der Waals surface area contributed by atoms with Crippen molar-refractivity contribution in [1.29, 1.82) is 0 Å². The third-order valence-electron chi connectivity index (χ3n) is 2.65. The number of allylic oxidation sites excluding steroid dienone is 1. The topological polar surface area (TPSA) is 29.5 Å². The lowest BCUT2D eigenvalue weighted by molar-refractivity contribution is -0.118. The van der Waals surface area contributed by atoms with Gasteiger partial charge in [0.05, 0.1) is 18.7 Å². The zero-order chi connectivity index (χ0) is 11.5. The zero-order valence-corrected chi connectivity index (χ0v) is 9.56. The molecule has 1 aromatic carbocycles. The lowest BCUT2D eigenvalue weighted by atomic mass is 10.1. The van der Waals surface area contributed by atoms with Crippen LogP contribution in [0.4, 0.5) is 5.69 Å². The van der Waals surface area contributed by atoms with Gasteiger partial charge in [0.25, 0.3) is 0 Å².